The van der Waals surface area contributed by atoms with E-state index in [4.69, 9.17) is 18.0 Å². The molecule has 0 unspecified atom stereocenters. The van der Waals surface area contributed by atoms with Crippen LogP contribution in [0.3, 0.4) is 0 Å². The normalized spacial score (nSPS) is 17.3. The van der Waals surface area contributed by atoms with Crippen LogP contribution in [0.15, 0.2) is 0 Å². The Morgan fingerprint density at radius 3 is 2.50 bits per heavy atom. The molecule has 0 aromatic heterocycles. The Hall–Kier alpha value is -0.200. The summed E-state index contributed by atoms with van der Waals surface area (Å²) in [6.07, 6.45) is 2.06. The molecule has 6 heteroatoms. The lowest BCUT2D eigenvalue weighted by Gasteiger charge is -2.19. The molecule has 0 atom stereocenters. The maximum atomic E-state index is 11.8. The topological polar surface area (TPSA) is 63.4 Å². The number of sulfonamides is 1. The van der Waals surface area contributed by atoms with E-state index in [9.17, 15) is 8.42 Å². The van der Waals surface area contributed by atoms with E-state index >= 15 is 0 Å². The minimum absolute atomic E-state index is 0.145. The molecule has 1 fully saturated rings. The van der Waals surface area contributed by atoms with E-state index in [0.29, 0.717) is 24.5 Å². The number of rotatable bonds is 6. The molecule has 1 aliphatic rings. The van der Waals surface area contributed by atoms with Crippen molar-refractivity contribution < 1.29 is 8.42 Å². The zero-order chi connectivity index (χ0) is 10.8. The van der Waals surface area contributed by atoms with Gasteiger partial charge in [-0.05, 0) is 12.8 Å². The first-order valence-electron chi connectivity index (χ1n) is 4.75. The van der Waals surface area contributed by atoms with Crippen LogP contribution in [0.1, 0.15) is 26.2 Å². The SMILES string of the molecule is CCN(CCC(N)=S)S(=O)(=O)C1CC1. The van der Waals surface area contributed by atoms with E-state index in [1.165, 1.54) is 4.31 Å². The van der Waals surface area contributed by atoms with Crippen molar-refractivity contribution in [2.24, 2.45) is 5.73 Å². The Labute approximate surface area is 90.5 Å². The van der Waals surface area contributed by atoms with Crippen molar-refractivity contribution in [2.45, 2.75) is 31.4 Å². The Kier molecular flexibility index (Phi) is 3.86. The molecule has 82 valence electrons. The molecular weight excluding hydrogens is 220 g/mol. The number of nitrogens with zero attached hydrogens (tertiary/aromatic N) is 1. The highest BCUT2D eigenvalue weighted by atomic mass is 32.2. The van der Waals surface area contributed by atoms with E-state index in [1.807, 2.05) is 6.92 Å². The fraction of sp³-hybridized carbons (Fsp3) is 0.875. The Balaban J connectivity index is 2.56. The van der Waals surface area contributed by atoms with Gasteiger partial charge in [-0.2, -0.15) is 0 Å². The van der Waals surface area contributed by atoms with Crippen LogP contribution in [0, 0.1) is 0 Å². The van der Waals surface area contributed by atoms with Gasteiger partial charge in [-0.15, -0.1) is 0 Å². The molecule has 0 bridgehead atoms. The predicted octanol–water partition coefficient (Wildman–Crippen LogP) is 0.477. The molecular formula is C8H16N2O2S2. The van der Waals surface area contributed by atoms with Crippen LogP contribution < -0.4 is 5.73 Å². The van der Waals surface area contributed by atoms with Crippen LogP contribution >= 0.6 is 12.2 Å². The summed E-state index contributed by atoms with van der Waals surface area (Å²) in [7, 11) is -3.06. The lowest BCUT2D eigenvalue weighted by Crippen LogP contribution is -2.35. The minimum Gasteiger partial charge on any atom is -0.393 e. The van der Waals surface area contributed by atoms with Gasteiger partial charge in [0.05, 0.1) is 10.2 Å². The van der Waals surface area contributed by atoms with Crippen LogP contribution in [0.2, 0.25) is 0 Å². The summed E-state index contributed by atoms with van der Waals surface area (Å²) in [5.74, 6) is 0. The molecule has 2 N–H and O–H groups in total. The monoisotopic (exact) mass is 236 g/mol. The van der Waals surface area contributed by atoms with Crippen LogP contribution in [0.5, 0.6) is 0 Å². The first-order valence-corrected chi connectivity index (χ1v) is 6.67. The smallest absolute Gasteiger partial charge is 0.216 e. The van der Waals surface area contributed by atoms with Crippen LogP contribution in [-0.2, 0) is 10.0 Å². The fourth-order valence-electron chi connectivity index (χ4n) is 1.28. The van der Waals surface area contributed by atoms with E-state index in [-0.39, 0.29) is 5.25 Å². The Bertz CT molecular complexity index is 309. The average molecular weight is 236 g/mol. The molecule has 0 aliphatic heterocycles. The van der Waals surface area contributed by atoms with E-state index in [1.54, 1.807) is 0 Å². The second kappa shape index (κ2) is 4.55. The van der Waals surface area contributed by atoms with Gasteiger partial charge in [-0.3, -0.25) is 0 Å². The molecule has 0 amide bonds. The molecule has 0 spiro atoms. The van der Waals surface area contributed by atoms with Gasteiger partial charge in [0.1, 0.15) is 0 Å². The summed E-state index contributed by atoms with van der Waals surface area (Å²) in [6, 6.07) is 0. The van der Waals surface area contributed by atoms with E-state index in [0.717, 1.165) is 12.8 Å². The predicted molar refractivity (Wildman–Crippen MR) is 60.6 cm³/mol. The highest BCUT2D eigenvalue weighted by molar-refractivity contribution is 7.90. The molecule has 14 heavy (non-hydrogen) atoms. The second-order valence-electron chi connectivity index (χ2n) is 3.45. The molecule has 1 saturated carbocycles. The van der Waals surface area contributed by atoms with Gasteiger partial charge in [-0.25, -0.2) is 12.7 Å². The maximum Gasteiger partial charge on any atom is 0.216 e. The molecule has 0 radical (unpaired) electrons. The van der Waals surface area contributed by atoms with Crippen molar-refractivity contribution >= 4 is 27.2 Å². The molecule has 1 aliphatic carbocycles. The standard InChI is InChI=1S/C8H16N2O2S2/c1-2-10(6-5-8(9)13)14(11,12)7-3-4-7/h7H,2-6H2,1H3,(H2,9,13). The zero-order valence-electron chi connectivity index (χ0n) is 8.27. The lowest BCUT2D eigenvalue weighted by atomic mass is 10.4. The summed E-state index contributed by atoms with van der Waals surface area (Å²) in [5.41, 5.74) is 5.34. The zero-order valence-corrected chi connectivity index (χ0v) is 9.90. The third-order valence-electron chi connectivity index (χ3n) is 2.27. The molecule has 4 nitrogen and oxygen atoms in total. The van der Waals surface area contributed by atoms with Gasteiger partial charge in [0.2, 0.25) is 10.0 Å². The van der Waals surface area contributed by atoms with E-state index < -0.39 is 10.0 Å². The summed E-state index contributed by atoms with van der Waals surface area (Å²) < 4.78 is 25.0. The van der Waals surface area contributed by atoms with Crippen molar-refractivity contribution in [1.82, 2.24) is 4.31 Å². The Morgan fingerprint density at radius 2 is 2.14 bits per heavy atom. The van der Waals surface area contributed by atoms with E-state index in [2.05, 4.69) is 0 Å². The maximum absolute atomic E-state index is 11.8. The van der Waals surface area contributed by atoms with Crippen molar-refractivity contribution in [2.75, 3.05) is 13.1 Å². The van der Waals surface area contributed by atoms with Crippen LogP contribution in [0.25, 0.3) is 0 Å². The Morgan fingerprint density at radius 1 is 1.57 bits per heavy atom. The molecule has 0 heterocycles. The number of hydrogen-bond donors (Lipinski definition) is 1. The summed E-state index contributed by atoms with van der Waals surface area (Å²) in [5, 5.41) is -0.145. The van der Waals surface area contributed by atoms with Gasteiger partial charge in [0, 0.05) is 19.5 Å². The van der Waals surface area contributed by atoms with Gasteiger partial charge in [-0.1, -0.05) is 19.1 Å². The quantitative estimate of drug-likeness (QED) is 0.681. The van der Waals surface area contributed by atoms with Gasteiger partial charge < -0.3 is 5.73 Å². The molecule has 0 aromatic carbocycles. The average Bonchev–Trinajstić information content (AvgIpc) is 2.86. The van der Waals surface area contributed by atoms with Gasteiger partial charge in [0.15, 0.2) is 0 Å². The largest absolute Gasteiger partial charge is 0.393 e. The lowest BCUT2D eigenvalue weighted by molar-refractivity contribution is 0.436. The third kappa shape index (κ3) is 2.90. The van der Waals surface area contributed by atoms with Crippen molar-refractivity contribution in [3.63, 3.8) is 0 Å². The first-order chi connectivity index (χ1) is 6.48. The second-order valence-corrected chi connectivity index (χ2v) is 6.19. The minimum atomic E-state index is -3.06. The van der Waals surface area contributed by atoms with Gasteiger partial charge in [0.25, 0.3) is 0 Å². The number of thiocarbonyl (C=S) groups is 1. The highest BCUT2D eigenvalue weighted by Crippen LogP contribution is 2.30. The van der Waals surface area contributed by atoms with Crippen molar-refractivity contribution in [3.05, 3.63) is 0 Å². The number of nitrogens with two attached hydrogens (primary N) is 1. The molecule has 0 aromatic rings. The van der Waals surface area contributed by atoms with Gasteiger partial charge >= 0.3 is 0 Å². The summed E-state index contributed by atoms with van der Waals surface area (Å²) in [4.78, 5) is 0.370. The summed E-state index contributed by atoms with van der Waals surface area (Å²) >= 11 is 4.72. The third-order valence-corrected chi connectivity index (χ3v) is 4.94. The highest BCUT2D eigenvalue weighted by Gasteiger charge is 2.39. The van der Waals surface area contributed by atoms with Crippen LogP contribution in [0.4, 0.5) is 0 Å². The summed E-state index contributed by atoms with van der Waals surface area (Å²) in [6.45, 7) is 2.76. The fourth-order valence-corrected chi connectivity index (χ4v) is 3.23. The molecule has 1 rings (SSSR count). The first kappa shape index (κ1) is 11.9. The molecule has 0 saturated heterocycles. The van der Waals surface area contributed by atoms with Crippen molar-refractivity contribution in [3.8, 4) is 0 Å². The van der Waals surface area contributed by atoms with Crippen molar-refractivity contribution in [1.29, 1.82) is 0 Å². The number of hydrogen-bond acceptors (Lipinski definition) is 3. The van der Waals surface area contributed by atoms with Crippen LogP contribution in [-0.4, -0.2) is 36.1 Å².